The first-order valence-corrected chi connectivity index (χ1v) is 6.38. The standard InChI is InChI=1S/C14H21FN2O/c1-10(18)13-8-11(15)4-5-14(13)17-7-6-12(9-17)16(2)3/h4-5,8,10,12,18H,6-7,9H2,1-3H3/t10-,12?/m0/s1. The molecular formula is C14H21FN2O. The number of aliphatic hydroxyl groups is 1. The molecule has 1 aromatic rings. The molecule has 2 rings (SSSR count). The minimum absolute atomic E-state index is 0.294. The summed E-state index contributed by atoms with van der Waals surface area (Å²) in [4.78, 5) is 4.44. The highest BCUT2D eigenvalue weighted by Crippen LogP contribution is 2.30. The number of aliphatic hydroxyl groups excluding tert-OH is 1. The van der Waals surface area contributed by atoms with Crippen molar-refractivity contribution >= 4 is 5.69 Å². The molecule has 3 nitrogen and oxygen atoms in total. The highest BCUT2D eigenvalue weighted by Gasteiger charge is 2.26. The van der Waals surface area contributed by atoms with Gasteiger partial charge in [0.25, 0.3) is 0 Å². The average molecular weight is 252 g/mol. The van der Waals surface area contributed by atoms with Crippen LogP contribution in [-0.4, -0.2) is 43.2 Å². The van der Waals surface area contributed by atoms with Gasteiger partial charge in [0.2, 0.25) is 0 Å². The Morgan fingerprint density at radius 1 is 1.44 bits per heavy atom. The molecule has 1 aliphatic rings. The van der Waals surface area contributed by atoms with E-state index in [-0.39, 0.29) is 5.82 Å². The zero-order valence-electron chi connectivity index (χ0n) is 11.2. The molecule has 0 saturated carbocycles. The summed E-state index contributed by atoms with van der Waals surface area (Å²) >= 11 is 0. The van der Waals surface area contributed by atoms with Gasteiger partial charge in [0.15, 0.2) is 0 Å². The topological polar surface area (TPSA) is 26.7 Å². The van der Waals surface area contributed by atoms with Gasteiger partial charge in [0, 0.05) is 30.4 Å². The summed E-state index contributed by atoms with van der Waals surface area (Å²) in [7, 11) is 4.16. The van der Waals surface area contributed by atoms with Crippen molar-refractivity contribution in [2.45, 2.75) is 25.5 Å². The van der Waals surface area contributed by atoms with Crippen molar-refractivity contribution in [1.82, 2.24) is 4.90 Å². The third kappa shape index (κ3) is 2.65. The largest absolute Gasteiger partial charge is 0.389 e. The second-order valence-corrected chi connectivity index (χ2v) is 5.23. The number of hydrogen-bond donors (Lipinski definition) is 1. The van der Waals surface area contributed by atoms with Gasteiger partial charge in [-0.1, -0.05) is 0 Å². The normalized spacial score (nSPS) is 21.7. The van der Waals surface area contributed by atoms with Gasteiger partial charge in [-0.25, -0.2) is 4.39 Å². The van der Waals surface area contributed by atoms with Crippen molar-refractivity contribution in [1.29, 1.82) is 0 Å². The Labute approximate surface area is 108 Å². The molecule has 2 atom stereocenters. The number of anilines is 1. The number of rotatable bonds is 3. The maximum atomic E-state index is 13.3. The van der Waals surface area contributed by atoms with Crippen LogP contribution in [0.1, 0.15) is 25.0 Å². The predicted molar refractivity (Wildman–Crippen MR) is 71.3 cm³/mol. The predicted octanol–water partition coefficient (Wildman–Crippen LogP) is 2.02. The molecular weight excluding hydrogens is 231 g/mol. The van der Waals surface area contributed by atoms with E-state index in [1.54, 1.807) is 13.0 Å². The first kappa shape index (κ1) is 13.3. The molecule has 1 unspecified atom stereocenters. The number of hydrogen-bond acceptors (Lipinski definition) is 3. The lowest BCUT2D eigenvalue weighted by molar-refractivity contribution is 0.199. The lowest BCUT2D eigenvalue weighted by Crippen LogP contribution is -2.31. The van der Waals surface area contributed by atoms with Crippen LogP contribution in [0.5, 0.6) is 0 Å². The molecule has 100 valence electrons. The van der Waals surface area contributed by atoms with Gasteiger partial charge in [-0.2, -0.15) is 0 Å². The van der Waals surface area contributed by atoms with E-state index in [9.17, 15) is 9.50 Å². The quantitative estimate of drug-likeness (QED) is 0.891. The van der Waals surface area contributed by atoms with Crippen LogP contribution in [0, 0.1) is 5.82 Å². The maximum Gasteiger partial charge on any atom is 0.123 e. The number of halogens is 1. The minimum atomic E-state index is -0.644. The highest BCUT2D eigenvalue weighted by atomic mass is 19.1. The molecule has 1 aliphatic heterocycles. The SMILES string of the molecule is C[C@H](O)c1cc(F)ccc1N1CCC(N(C)C)C1. The van der Waals surface area contributed by atoms with Gasteiger partial charge in [0.05, 0.1) is 6.10 Å². The monoisotopic (exact) mass is 252 g/mol. The van der Waals surface area contributed by atoms with Crippen LogP contribution in [0.3, 0.4) is 0 Å². The molecule has 1 N–H and O–H groups in total. The first-order valence-electron chi connectivity index (χ1n) is 6.38. The van der Waals surface area contributed by atoms with E-state index >= 15 is 0 Å². The smallest absolute Gasteiger partial charge is 0.123 e. The van der Waals surface area contributed by atoms with Crippen molar-refractivity contribution in [2.75, 3.05) is 32.1 Å². The molecule has 1 heterocycles. The molecule has 0 aromatic heterocycles. The molecule has 1 saturated heterocycles. The molecule has 0 amide bonds. The fourth-order valence-corrected chi connectivity index (χ4v) is 2.53. The summed E-state index contributed by atoms with van der Waals surface area (Å²) in [5.74, 6) is -0.294. The summed E-state index contributed by atoms with van der Waals surface area (Å²) in [6, 6.07) is 5.19. The van der Waals surface area contributed by atoms with Gasteiger partial charge < -0.3 is 14.9 Å². The van der Waals surface area contributed by atoms with Gasteiger partial charge in [-0.3, -0.25) is 0 Å². The number of benzene rings is 1. The van der Waals surface area contributed by atoms with E-state index in [0.717, 1.165) is 25.2 Å². The van der Waals surface area contributed by atoms with Crippen molar-refractivity contribution in [3.8, 4) is 0 Å². The van der Waals surface area contributed by atoms with Crippen molar-refractivity contribution in [3.05, 3.63) is 29.6 Å². The van der Waals surface area contributed by atoms with E-state index < -0.39 is 6.10 Å². The fraction of sp³-hybridized carbons (Fsp3) is 0.571. The van der Waals surface area contributed by atoms with Gasteiger partial charge in [-0.15, -0.1) is 0 Å². The van der Waals surface area contributed by atoms with E-state index in [2.05, 4.69) is 23.9 Å². The van der Waals surface area contributed by atoms with Crippen LogP contribution in [0.2, 0.25) is 0 Å². The first-order chi connectivity index (χ1) is 8.49. The van der Waals surface area contributed by atoms with E-state index in [1.165, 1.54) is 12.1 Å². The second-order valence-electron chi connectivity index (χ2n) is 5.23. The Hall–Kier alpha value is -1.13. The average Bonchev–Trinajstić information content (AvgIpc) is 2.78. The van der Waals surface area contributed by atoms with Crippen molar-refractivity contribution < 1.29 is 9.50 Å². The van der Waals surface area contributed by atoms with Crippen LogP contribution in [0.25, 0.3) is 0 Å². The Morgan fingerprint density at radius 2 is 2.17 bits per heavy atom. The van der Waals surface area contributed by atoms with Crippen molar-refractivity contribution in [3.63, 3.8) is 0 Å². The van der Waals surface area contributed by atoms with E-state index in [0.29, 0.717) is 11.6 Å². The minimum Gasteiger partial charge on any atom is -0.389 e. The second kappa shape index (κ2) is 5.24. The van der Waals surface area contributed by atoms with Crippen LogP contribution in [0.15, 0.2) is 18.2 Å². The molecule has 4 heteroatoms. The van der Waals surface area contributed by atoms with Gasteiger partial charge in [-0.05, 0) is 45.6 Å². The van der Waals surface area contributed by atoms with E-state index in [1.807, 2.05) is 0 Å². The Kier molecular flexibility index (Phi) is 3.88. The Morgan fingerprint density at radius 3 is 2.72 bits per heavy atom. The lowest BCUT2D eigenvalue weighted by Gasteiger charge is -2.25. The zero-order chi connectivity index (χ0) is 13.3. The summed E-state index contributed by atoms with van der Waals surface area (Å²) in [6.07, 6.45) is 0.456. The summed E-state index contributed by atoms with van der Waals surface area (Å²) in [5, 5.41) is 9.76. The molecule has 0 spiro atoms. The van der Waals surface area contributed by atoms with Gasteiger partial charge in [0.1, 0.15) is 5.82 Å². The number of likely N-dealkylation sites (N-methyl/N-ethyl adjacent to an activating group) is 1. The Bertz CT molecular complexity index is 420. The number of nitrogens with zero attached hydrogens (tertiary/aromatic N) is 2. The van der Waals surface area contributed by atoms with Crippen LogP contribution in [0.4, 0.5) is 10.1 Å². The zero-order valence-corrected chi connectivity index (χ0v) is 11.2. The van der Waals surface area contributed by atoms with Crippen LogP contribution >= 0.6 is 0 Å². The fourth-order valence-electron chi connectivity index (χ4n) is 2.53. The van der Waals surface area contributed by atoms with Crippen LogP contribution in [-0.2, 0) is 0 Å². The van der Waals surface area contributed by atoms with E-state index in [4.69, 9.17) is 0 Å². The summed E-state index contributed by atoms with van der Waals surface area (Å²) in [6.45, 7) is 3.56. The molecule has 0 bridgehead atoms. The van der Waals surface area contributed by atoms with Crippen LogP contribution < -0.4 is 4.90 Å². The summed E-state index contributed by atoms with van der Waals surface area (Å²) < 4.78 is 13.3. The maximum absolute atomic E-state index is 13.3. The summed E-state index contributed by atoms with van der Waals surface area (Å²) in [5.41, 5.74) is 1.63. The lowest BCUT2D eigenvalue weighted by atomic mass is 10.1. The third-order valence-electron chi connectivity index (χ3n) is 3.67. The third-order valence-corrected chi connectivity index (χ3v) is 3.67. The molecule has 0 radical (unpaired) electrons. The molecule has 1 aromatic carbocycles. The Balaban J connectivity index is 2.24. The molecule has 1 fully saturated rings. The molecule has 0 aliphatic carbocycles. The van der Waals surface area contributed by atoms with Crippen molar-refractivity contribution in [2.24, 2.45) is 0 Å². The molecule has 18 heavy (non-hydrogen) atoms. The van der Waals surface area contributed by atoms with Gasteiger partial charge >= 0.3 is 0 Å². The highest BCUT2D eigenvalue weighted by molar-refractivity contribution is 5.55.